The maximum Gasteiger partial charge on any atom is 0.312 e. The van der Waals surface area contributed by atoms with Crippen molar-refractivity contribution in [3.05, 3.63) is 18.2 Å². The molecule has 6 nitrogen and oxygen atoms in total. The molecule has 2 aliphatic carbocycles. The zero-order valence-electron chi connectivity index (χ0n) is 11.6. The Morgan fingerprint density at radius 3 is 3.10 bits per heavy atom. The van der Waals surface area contributed by atoms with Gasteiger partial charge in [0.2, 0.25) is 0 Å². The summed E-state index contributed by atoms with van der Waals surface area (Å²) in [6.45, 7) is 0. The summed E-state index contributed by atoms with van der Waals surface area (Å²) < 4.78 is 10.8. The van der Waals surface area contributed by atoms with Gasteiger partial charge in [0.1, 0.15) is 11.3 Å². The van der Waals surface area contributed by atoms with Crippen LogP contribution in [0.3, 0.4) is 0 Å². The van der Waals surface area contributed by atoms with Gasteiger partial charge in [0.25, 0.3) is 6.01 Å². The Hall–Kier alpha value is -2.24. The maximum absolute atomic E-state index is 11.5. The Labute approximate surface area is 121 Å². The quantitative estimate of drug-likeness (QED) is 0.899. The molecule has 110 valence electrons. The van der Waals surface area contributed by atoms with Crippen LogP contribution in [0, 0.1) is 11.3 Å². The molecular formula is C15H16N2O4. The molecule has 0 saturated heterocycles. The first-order valence-corrected chi connectivity index (χ1v) is 7.08. The first-order valence-electron chi connectivity index (χ1n) is 7.08. The lowest BCUT2D eigenvalue weighted by Gasteiger charge is -2.19. The van der Waals surface area contributed by atoms with Crippen molar-refractivity contribution >= 4 is 23.1 Å². The number of methoxy groups -OCH3 is 1. The minimum absolute atomic E-state index is 0.102. The first kappa shape index (κ1) is 12.5. The van der Waals surface area contributed by atoms with E-state index in [1.165, 1.54) is 0 Å². The van der Waals surface area contributed by atoms with Gasteiger partial charge >= 0.3 is 5.97 Å². The van der Waals surface area contributed by atoms with Crippen LogP contribution in [0.5, 0.6) is 5.75 Å². The number of carboxylic acid groups (broad SMARTS) is 1. The molecule has 4 rings (SSSR count). The minimum Gasteiger partial charge on any atom is -0.497 e. The summed E-state index contributed by atoms with van der Waals surface area (Å²) in [5.41, 5.74) is 0.748. The summed E-state index contributed by atoms with van der Waals surface area (Å²) in [5, 5.41) is 12.6. The second kappa shape index (κ2) is 4.13. The molecule has 0 aliphatic heterocycles. The summed E-state index contributed by atoms with van der Waals surface area (Å²) in [6, 6.07) is 5.70. The van der Waals surface area contributed by atoms with E-state index in [1.807, 2.05) is 12.1 Å². The number of aromatic nitrogens is 1. The molecule has 1 aromatic heterocycles. The Morgan fingerprint density at radius 1 is 1.52 bits per heavy atom. The van der Waals surface area contributed by atoms with Crippen LogP contribution in [0.2, 0.25) is 0 Å². The maximum atomic E-state index is 11.5. The van der Waals surface area contributed by atoms with Gasteiger partial charge in [0, 0.05) is 12.1 Å². The smallest absolute Gasteiger partial charge is 0.312 e. The second-order valence-corrected chi connectivity index (χ2v) is 5.87. The predicted octanol–water partition coefficient (Wildman–Crippen LogP) is 2.50. The van der Waals surface area contributed by atoms with Crippen molar-refractivity contribution in [2.24, 2.45) is 11.3 Å². The highest BCUT2D eigenvalue weighted by Crippen LogP contribution is 2.64. The summed E-state index contributed by atoms with van der Waals surface area (Å²) in [4.78, 5) is 15.9. The van der Waals surface area contributed by atoms with Gasteiger partial charge in [0.05, 0.1) is 12.5 Å². The van der Waals surface area contributed by atoms with E-state index in [-0.39, 0.29) is 6.04 Å². The molecule has 0 bridgehead atoms. The molecule has 3 atom stereocenters. The van der Waals surface area contributed by atoms with Gasteiger partial charge in [-0.25, -0.2) is 0 Å². The molecule has 2 aromatic rings. The number of aliphatic carboxylic acids is 1. The van der Waals surface area contributed by atoms with E-state index in [9.17, 15) is 9.90 Å². The van der Waals surface area contributed by atoms with E-state index in [4.69, 9.17) is 9.15 Å². The Balaban J connectivity index is 1.61. The highest BCUT2D eigenvalue weighted by molar-refractivity contribution is 5.81. The molecule has 3 unspecified atom stereocenters. The van der Waals surface area contributed by atoms with Gasteiger partial charge in [0.15, 0.2) is 5.58 Å². The highest BCUT2D eigenvalue weighted by Gasteiger charge is 2.68. The number of rotatable bonds is 4. The van der Waals surface area contributed by atoms with Gasteiger partial charge in [-0.2, -0.15) is 4.98 Å². The van der Waals surface area contributed by atoms with Crippen LogP contribution in [0.1, 0.15) is 19.3 Å². The van der Waals surface area contributed by atoms with Crippen molar-refractivity contribution in [2.75, 3.05) is 12.4 Å². The van der Waals surface area contributed by atoms with Crippen LogP contribution in [0.25, 0.3) is 11.1 Å². The number of benzene rings is 1. The van der Waals surface area contributed by atoms with Crippen LogP contribution in [0.4, 0.5) is 6.01 Å². The topological polar surface area (TPSA) is 84.6 Å². The third-order valence-electron chi connectivity index (χ3n) is 4.87. The van der Waals surface area contributed by atoms with Gasteiger partial charge in [-0.15, -0.1) is 0 Å². The normalized spacial score (nSPS) is 30.1. The molecule has 2 fully saturated rings. The molecule has 0 radical (unpaired) electrons. The highest BCUT2D eigenvalue weighted by atomic mass is 16.5. The minimum atomic E-state index is -0.708. The van der Waals surface area contributed by atoms with Crippen molar-refractivity contribution in [1.82, 2.24) is 4.98 Å². The lowest BCUT2D eigenvalue weighted by molar-refractivity contribution is -0.143. The average Bonchev–Trinajstić information content (AvgIpc) is 2.92. The standard InChI is InChI=1S/C15H16N2O4/c1-20-9-3-4-10-11(6-9)21-14(16-10)17-12-5-2-8-7-15(8,12)13(18)19/h3-4,6,8,12H,2,5,7H2,1H3,(H,16,17)(H,18,19). The number of nitrogens with one attached hydrogen (secondary N) is 1. The molecule has 6 heteroatoms. The number of anilines is 1. The fourth-order valence-corrected chi connectivity index (χ4v) is 3.62. The van der Waals surface area contributed by atoms with Gasteiger partial charge in [-0.05, 0) is 37.3 Å². The fourth-order valence-electron chi connectivity index (χ4n) is 3.62. The number of hydrogen-bond acceptors (Lipinski definition) is 5. The lowest BCUT2D eigenvalue weighted by atomic mass is 9.98. The number of hydrogen-bond donors (Lipinski definition) is 2. The third kappa shape index (κ3) is 1.71. The van der Waals surface area contributed by atoms with Crippen LogP contribution < -0.4 is 10.1 Å². The summed E-state index contributed by atoms with van der Waals surface area (Å²) in [7, 11) is 1.60. The molecule has 2 N–H and O–H groups in total. The summed E-state index contributed by atoms with van der Waals surface area (Å²) in [5.74, 6) is 0.299. The molecular weight excluding hydrogens is 272 g/mol. The van der Waals surface area contributed by atoms with Crippen LogP contribution >= 0.6 is 0 Å². The fraction of sp³-hybridized carbons (Fsp3) is 0.467. The van der Waals surface area contributed by atoms with Gasteiger partial charge in [-0.3, -0.25) is 4.79 Å². The van der Waals surface area contributed by atoms with Crippen LogP contribution in [-0.2, 0) is 4.79 Å². The van der Waals surface area contributed by atoms with E-state index in [1.54, 1.807) is 13.2 Å². The summed E-state index contributed by atoms with van der Waals surface area (Å²) in [6.07, 6.45) is 2.56. The third-order valence-corrected chi connectivity index (χ3v) is 4.87. The molecule has 1 heterocycles. The van der Waals surface area contributed by atoms with Crippen molar-refractivity contribution in [2.45, 2.75) is 25.3 Å². The van der Waals surface area contributed by atoms with E-state index < -0.39 is 11.4 Å². The van der Waals surface area contributed by atoms with Crippen LogP contribution in [-0.4, -0.2) is 29.2 Å². The van der Waals surface area contributed by atoms with Gasteiger partial charge in [-0.1, -0.05) is 0 Å². The molecule has 0 amide bonds. The number of oxazole rings is 1. The first-order chi connectivity index (χ1) is 10.1. The van der Waals surface area contributed by atoms with E-state index >= 15 is 0 Å². The average molecular weight is 288 g/mol. The molecule has 0 spiro atoms. The Kier molecular flexibility index (Phi) is 2.46. The Morgan fingerprint density at radius 2 is 2.38 bits per heavy atom. The molecule has 21 heavy (non-hydrogen) atoms. The van der Waals surface area contributed by atoms with Crippen molar-refractivity contribution < 1.29 is 19.1 Å². The number of carbonyl (C=O) groups is 1. The monoisotopic (exact) mass is 288 g/mol. The SMILES string of the molecule is COc1ccc2nc(NC3CCC4CC43C(=O)O)oc2c1. The molecule has 2 saturated carbocycles. The van der Waals surface area contributed by atoms with Crippen LogP contribution in [0.15, 0.2) is 22.6 Å². The zero-order valence-corrected chi connectivity index (χ0v) is 11.6. The molecule has 2 aliphatic rings. The summed E-state index contributed by atoms with van der Waals surface area (Å²) >= 11 is 0. The zero-order chi connectivity index (χ0) is 14.6. The number of ether oxygens (including phenoxy) is 1. The Bertz CT molecular complexity index is 726. The number of nitrogens with zero attached hydrogens (tertiary/aromatic N) is 1. The second-order valence-electron chi connectivity index (χ2n) is 5.87. The molecule has 1 aromatic carbocycles. The van der Waals surface area contributed by atoms with E-state index in [2.05, 4.69) is 10.3 Å². The van der Waals surface area contributed by atoms with E-state index in [0.29, 0.717) is 23.3 Å². The number of carboxylic acids is 1. The predicted molar refractivity (Wildman–Crippen MR) is 75.4 cm³/mol. The van der Waals surface area contributed by atoms with Crippen molar-refractivity contribution in [1.29, 1.82) is 0 Å². The van der Waals surface area contributed by atoms with E-state index in [0.717, 1.165) is 24.8 Å². The lowest BCUT2D eigenvalue weighted by Crippen LogP contribution is -2.34. The van der Waals surface area contributed by atoms with Crippen molar-refractivity contribution in [3.8, 4) is 5.75 Å². The largest absolute Gasteiger partial charge is 0.497 e. The number of fused-ring (bicyclic) bond motifs is 2. The van der Waals surface area contributed by atoms with Gasteiger partial charge < -0.3 is 19.6 Å². The van der Waals surface area contributed by atoms with Crippen molar-refractivity contribution in [3.63, 3.8) is 0 Å².